The fourth-order valence-corrected chi connectivity index (χ4v) is 4.27. The Morgan fingerprint density at radius 3 is 2.52 bits per heavy atom. The second-order valence-electron chi connectivity index (χ2n) is 7.55. The van der Waals surface area contributed by atoms with Gasteiger partial charge in [0.15, 0.2) is 0 Å². The number of hydrogen-bond acceptors (Lipinski definition) is 6. The standard InChI is InChI=1S/C24H24FN3O4S/c1-16-22(33-21(27-16)15-32-20-8-6-19(25)7-9-20)23(29)26-14-17-2-4-18(5-3-17)24(30)28-10-12-31-13-11-28/h2-9H,10-15H2,1H3,(H,26,29). The SMILES string of the molecule is Cc1nc(COc2ccc(F)cc2)sc1C(=O)NCc1ccc(C(=O)N2CCOCC2)cc1. The van der Waals surface area contributed by atoms with Crippen LogP contribution in [0.15, 0.2) is 48.5 Å². The van der Waals surface area contributed by atoms with E-state index in [1.165, 1.54) is 23.5 Å². The summed E-state index contributed by atoms with van der Waals surface area (Å²) in [6.45, 7) is 4.63. The number of carbonyl (C=O) groups is 2. The minimum Gasteiger partial charge on any atom is -0.486 e. The van der Waals surface area contributed by atoms with Crippen LogP contribution in [-0.4, -0.2) is 48.0 Å². The van der Waals surface area contributed by atoms with E-state index in [0.29, 0.717) is 59.7 Å². The van der Waals surface area contributed by atoms with Gasteiger partial charge in [-0.1, -0.05) is 12.1 Å². The molecule has 0 aliphatic carbocycles. The number of ether oxygens (including phenoxy) is 2. The number of nitrogens with zero attached hydrogens (tertiary/aromatic N) is 2. The van der Waals surface area contributed by atoms with E-state index in [2.05, 4.69) is 10.3 Å². The van der Waals surface area contributed by atoms with Crippen molar-refractivity contribution in [2.45, 2.75) is 20.1 Å². The van der Waals surface area contributed by atoms with Gasteiger partial charge in [0.2, 0.25) is 0 Å². The summed E-state index contributed by atoms with van der Waals surface area (Å²) in [5.41, 5.74) is 2.14. The molecule has 0 radical (unpaired) electrons. The summed E-state index contributed by atoms with van der Waals surface area (Å²) in [6.07, 6.45) is 0. The first kappa shape index (κ1) is 22.9. The Hall–Kier alpha value is -3.30. The van der Waals surface area contributed by atoms with Crippen molar-refractivity contribution in [3.8, 4) is 5.75 Å². The summed E-state index contributed by atoms with van der Waals surface area (Å²) >= 11 is 1.26. The number of rotatable bonds is 7. The second kappa shape index (κ2) is 10.5. The highest BCUT2D eigenvalue weighted by Crippen LogP contribution is 2.21. The molecule has 2 amide bonds. The molecule has 1 aliphatic rings. The van der Waals surface area contributed by atoms with E-state index in [1.807, 2.05) is 12.1 Å². The maximum Gasteiger partial charge on any atom is 0.263 e. The van der Waals surface area contributed by atoms with Crippen molar-refractivity contribution >= 4 is 23.2 Å². The van der Waals surface area contributed by atoms with E-state index in [0.717, 1.165) is 5.56 Å². The minimum atomic E-state index is -0.329. The van der Waals surface area contributed by atoms with Crippen LogP contribution in [0.5, 0.6) is 5.75 Å². The molecule has 0 bridgehead atoms. The molecule has 1 aromatic heterocycles. The lowest BCUT2D eigenvalue weighted by Gasteiger charge is -2.26. The molecule has 1 N–H and O–H groups in total. The van der Waals surface area contributed by atoms with Crippen LogP contribution in [0.3, 0.4) is 0 Å². The van der Waals surface area contributed by atoms with Crippen molar-refractivity contribution in [3.05, 3.63) is 81.1 Å². The normalized spacial score (nSPS) is 13.6. The number of carbonyl (C=O) groups excluding carboxylic acids is 2. The molecule has 0 unspecified atom stereocenters. The molecule has 4 rings (SSSR count). The van der Waals surface area contributed by atoms with Crippen LogP contribution in [0.1, 0.15) is 36.3 Å². The van der Waals surface area contributed by atoms with E-state index < -0.39 is 0 Å². The fraction of sp³-hybridized carbons (Fsp3) is 0.292. The van der Waals surface area contributed by atoms with Gasteiger partial charge < -0.3 is 19.7 Å². The number of halogens is 1. The molecular formula is C24H24FN3O4S. The summed E-state index contributed by atoms with van der Waals surface area (Å²) in [4.78, 5) is 31.9. The first-order valence-corrected chi connectivity index (χ1v) is 11.4. The maximum absolute atomic E-state index is 13.0. The number of amides is 2. The lowest BCUT2D eigenvalue weighted by atomic mass is 10.1. The minimum absolute atomic E-state index is 0.00967. The fourth-order valence-electron chi connectivity index (χ4n) is 3.38. The zero-order valence-corrected chi connectivity index (χ0v) is 19.0. The Balaban J connectivity index is 1.30. The maximum atomic E-state index is 13.0. The van der Waals surface area contributed by atoms with Crippen LogP contribution in [-0.2, 0) is 17.9 Å². The van der Waals surface area contributed by atoms with Gasteiger partial charge >= 0.3 is 0 Å². The van der Waals surface area contributed by atoms with E-state index in [4.69, 9.17) is 9.47 Å². The highest BCUT2D eigenvalue weighted by atomic mass is 32.1. The van der Waals surface area contributed by atoms with Gasteiger partial charge in [-0.3, -0.25) is 9.59 Å². The van der Waals surface area contributed by atoms with Gasteiger partial charge in [0.25, 0.3) is 11.8 Å². The predicted molar refractivity (Wildman–Crippen MR) is 122 cm³/mol. The molecule has 33 heavy (non-hydrogen) atoms. The highest BCUT2D eigenvalue weighted by molar-refractivity contribution is 7.13. The van der Waals surface area contributed by atoms with Crippen LogP contribution in [0.4, 0.5) is 4.39 Å². The Morgan fingerprint density at radius 2 is 1.82 bits per heavy atom. The zero-order chi connectivity index (χ0) is 23.2. The van der Waals surface area contributed by atoms with Crippen molar-refractivity contribution in [2.75, 3.05) is 26.3 Å². The third-order valence-corrected chi connectivity index (χ3v) is 6.31. The number of hydrogen-bond donors (Lipinski definition) is 1. The Bertz CT molecular complexity index is 1110. The summed E-state index contributed by atoms with van der Waals surface area (Å²) < 4.78 is 23.9. The Morgan fingerprint density at radius 1 is 1.12 bits per heavy atom. The van der Waals surface area contributed by atoms with Crippen LogP contribution < -0.4 is 10.1 Å². The number of nitrogens with one attached hydrogen (secondary N) is 1. The molecule has 2 aromatic carbocycles. The average molecular weight is 470 g/mol. The van der Waals surface area contributed by atoms with Crippen molar-refractivity contribution < 1.29 is 23.5 Å². The van der Waals surface area contributed by atoms with Gasteiger partial charge in [0.05, 0.1) is 18.9 Å². The molecule has 172 valence electrons. The number of aryl methyl sites for hydroxylation is 1. The molecule has 0 spiro atoms. The number of aromatic nitrogens is 1. The van der Waals surface area contributed by atoms with Gasteiger partial charge in [-0.2, -0.15) is 0 Å². The third-order valence-electron chi connectivity index (χ3n) is 5.18. The van der Waals surface area contributed by atoms with Gasteiger partial charge in [-0.15, -0.1) is 11.3 Å². The molecule has 1 fully saturated rings. The third kappa shape index (κ3) is 5.94. The Labute approximate surface area is 195 Å². The summed E-state index contributed by atoms with van der Waals surface area (Å²) in [5, 5.41) is 3.56. The van der Waals surface area contributed by atoms with Gasteiger partial charge in [0.1, 0.15) is 28.1 Å². The zero-order valence-electron chi connectivity index (χ0n) is 18.2. The molecule has 0 saturated carbocycles. The molecule has 7 nitrogen and oxygen atoms in total. The van der Waals surface area contributed by atoms with E-state index in [9.17, 15) is 14.0 Å². The van der Waals surface area contributed by atoms with Crippen LogP contribution in [0, 0.1) is 12.7 Å². The lowest BCUT2D eigenvalue weighted by molar-refractivity contribution is 0.0303. The van der Waals surface area contributed by atoms with E-state index in [-0.39, 0.29) is 24.2 Å². The van der Waals surface area contributed by atoms with Crippen molar-refractivity contribution in [2.24, 2.45) is 0 Å². The summed E-state index contributed by atoms with van der Waals surface area (Å²) in [7, 11) is 0. The van der Waals surface area contributed by atoms with Gasteiger partial charge in [0, 0.05) is 25.2 Å². The molecule has 1 aliphatic heterocycles. The smallest absolute Gasteiger partial charge is 0.263 e. The van der Waals surface area contributed by atoms with Gasteiger partial charge in [-0.05, 0) is 48.9 Å². The molecule has 0 atom stereocenters. The molecule has 9 heteroatoms. The second-order valence-corrected chi connectivity index (χ2v) is 8.63. The van der Waals surface area contributed by atoms with E-state index >= 15 is 0 Å². The quantitative estimate of drug-likeness (QED) is 0.572. The van der Waals surface area contributed by atoms with Crippen molar-refractivity contribution in [1.29, 1.82) is 0 Å². The molecule has 3 aromatic rings. The monoisotopic (exact) mass is 469 g/mol. The number of thiazole rings is 1. The topological polar surface area (TPSA) is 80.8 Å². The molecule has 1 saturated heterocycles. The van der Waals surface area contributed by atoms with Crippen LogP contribution in [0.25, 0.3) is 0 Å². The van der Waals surface area contributed by atoms with Gasteiger partial charge in [-0.25, -0.2) is 9.37 Å². The first-order valence-electron chi connectivity index (χ1n) is 10.6. The molecule has 2 heterocycles. The van der Waals surface area contributed by atoms with Crippen LogP contribution in [0.2, 0.25) is 0 Å². The van der Waals surface area contributed by atoms with Crippen molar-refractivity contribution in [1.82, 2.24) is 15.2 Å². The molecular weight excluding hydrogens is 445 g/mol. The van der Waals surface area contributed by atoms with Crippen LogP contribution >= 0.6 is 11.3 Å². The average Bonchev–Trinajstić information content (AvgIpc) is 3.23. The highest BCUT2D eigenvalue weighted by Gasteiger charge is 2.19. The predicted octanol–water partition coefficient (Wildman–Crippen LogP) is 3.57. The summed E-state index contributed by atoms with van der Waals surface area (Å²) in [5.74, 6) is -0.0217. The van der Waals surface area contributed by atoms with Crippen molar-refractivity contribution in [3.63, 3.8) is 0 Å². The number of benzene rings is 2. The summed E-state index contributed by atoms with van der Waals surface area (Å²) in [6, 6.07) is 13.0. The lowest BCUT2D eigenvalue weighted by Crippen LogP contribution is -2.40. The largest absolute Gasteiger partial charge is 0.486 e. The number of morpholine rings is 1. The Kier molecular flexibility index (Phi) is 7.31. The van der Waals surface area contributed by atoms with E-state index in [1.54, 1.807) is 36.1 Å². The first-order chi connectivity index (χ1) is 16.0.